The zero-order valence-corrected chi connectivity index (χ0v) is 16.1. The average molecular weight is 369 g/mol. The van der Waals surface area contributed by atoms with Gasteiger partial charge in [0.15, 0.2) is 0 Å². The summed E-state index contributed by atoms with van der Waals surface area (Å²) in [7, 11) is 3.91. The molecule has 2 rings (SSSR count). The summed E-state index contributed by atoms with van der Waals surface area (Å²) in [5.41, 5.74) is 0.697. The Hall–Kier alpha value is -2.86. The summed E-state index contributed by atoms with van der Waals surface area (Å²) in [6.07, 6.45) is 0.259. The highest BCUT2D eigenvalue weighted by atomic mass is 16.5. The van der Waals surface area contributed by atoms with Crippen molar-refractivity contribution in [3.8, 4) is 11.5 Å². The molecule has 0 aliphatic heterocycles. The number of carbonyl (C=O) groups excluding carboxylic acids is 2. The van der Waals surface area contributed by atoms with Crippen molar-refractivity contribution in [1.29, 1.82) is 0 Å². The molecule has 0 aliphatic rings. The van der Waals surface area contributed by atoms with Gasteiger partial charge in [0, 0.05) is 38.7 Å². The van der Waals surface area contributed by atoms with E-state index in [4.69, 9.17) is 4.74 Å². The van der Waals surface area contributed by atoms with E-state index in [0.29, 0.717) is 24.5 Å². The molecule has 0 bridgehead atoms. The van der Waals surface area contributed by atoms with E-state index in [9.17, 15) is 9.59 Å². The number of nitrogens with zero attached hydrogens (tertiary/aromatic N) is 2. The van der Waals surface area contributed by atoms with Crippen molar-refractivity contribution in [2.75, 3.05) is 39.0 Å². The van der Waals surface area contributed by atoms with Crippen LogP contribution in [0.15, 0.2) is 54.6 Å². The van der Waals surface area contributed by atoms with Crippen LogP contribution in [0.25, 0.3) is 0 Å². The van der Waals surface area contributed by atoms with Crippen molar-refractivity contribution < 1.29 is 14.3 Å². The van der Waals surface area contributed by atoms with Crippen LogP contribution in [-0.2, 0) is 9.59 Å². The number of benzene rings is 2. The monoisotopic (exact) mass is 369 g/mol. The van der Waals surface area contributed by atoms with Crippen molar-refractivity contribution in [2.24, 2.45) is 0 Å². The second-order valence-electron chi connectivity index (χ2n) is 6.55. The van der Waals surface area contributed by atoms with Gasteiger partial charge in [-0.1, -0.05) is 18.2 Å². The number of anilines is 1. The summed E-state index contributed by atoms with van der Waals surface area (Å²) in [5.74, 6) is 1.32. The molecule has 0 aliphatic carbocycles. The third-order valence-electron chi connectivity index (χ3n) is 3.99. The second kappa shape index (κ2) is 10.3. The van der Waals surface area contributed by atoms with Gasteiger partial charge in [0.2, 0.25) is 11.8 Å². The normalized spacial score (nSPS) is 10.5. The van der Waals surface area contributed by atoms with Crippen LogP contribution in [0, 0.1) is 0 Å². The summed E-state index contributed by atoms with van der Waals surface area (Å²) in [4.78, 5) is 27.5. The molecule has 0 saturated carbocycles. The Morgan fingerprint density at radius 3 is 2.11 bits per heavy atom. The molecule has 2 aromatic rings. The largest absolute Gasteiger partial charge is 0.457 e. The van der Waals surface area contributed by atoms with Crippen molar-refractivity contribution >= 4 is 17.5 Å². The topological polar surface area (TPSA) is 61.9 Å². The Balaban J connectivity index is 1.81. The number of hydrogen-bond acceptors (Lipinski definition) is 4. The number of carbonyl (C=O) groups is 2. The fourth-order valence-corrected chi connectivity index (χ4v) is 2.44. The number of amides is 2. The molecule has 0 aromatic heterocycles. The van der Waals surface area contributed by atoms with Gasteiger partial charge in [0.05, 0.1) is 0 Å². The zero-order valence-electron chi connectivity index (χ0n) is 16.1. The highest BCUT2D eigenvalue weighted by Crippen LogP contribution is 2.22. The van der Waals surface area contributed by atoms with E-state index >= 15 is 0 Å². The van der Waals surface area contributed by atoms with Gasteiger partial charge in [-0.25, -0.2) is 0 Å². The molecule has 144 valence electrons. The lowest BCUT2D eigenvalue weighted by molar-refractivity contribution is -0.129. The smallest absolute Gasteiger partial charge is 0.226 e. The molecule has 6 heteroatoms. The predicted octanol–water partition coefficient (Wildman–Crippen LogP) is 3.22. The van der Waals surface area contributed by atoms with Gasteiger partial charge in [-0.05, 0) is 50.5 Å². The molecule has 27 heavy (non-hydrogen) atoms. The molecule has 0 unspecified atom stereocenters. The molecular formula is C21H27N3O3. The Labute approximate surface area is 160 Å². The van der Waals surface area contributed by atoms with Gasteiger partial charge < -0.3 is 19.9 Å². The first kappa shape index (κ1) is 20.5. The van der Waals surface area contributed by atoms with E-state index in [1.54, 1.807) is 17.0 Å². The molecule has 1 N–H and O–H groups in total. The van der Waals surface area contributed by atoms with E-state index < -0.39 is 0 Å². The average Bonchev–Trinajstić information content (AvgIpc) is 2.63. The first-order chi connectivity index (χ1) is 12.9. The van der Waals surface area contributed by atoms with Crippen LogP contribution in [0.5, 0.6) is 11.5 Å². The van der Waals surface area contributed by atoms with E-state index in [1.165, 1.54) is 6.92 Å². The number of hydrogen-bond donors (Lipinski definition) is 1. The molecule has 0 spiro atoms. The molecule has 6 nitrogen and oxygen atoms in total. The maximum Gasteiger partial charge on any atom is 0.226 e. The minimum absolute atomic E-state index is 0.0212. The molecule has 0 fully saturated rings. The predicted molar refractivity (Wildman–Crippen MR) is 107 cm³/mol. The number of rotatable bonds is 9. The molecule has 0 heterocycles. The number of para-hydroxylation sites is 1. The lowest BCUT2D eigenvalue weighted by Crippen LogP contribution is -2.37. The Morgan fingerprint density at radius 2 is 1.52 bits per heavy atom. The summed E-state index contributed by atoms with van der Waals surface area (Å²) in [6, 6.07) is 16.7. The quantitative estimate of drug-likeness (QED) is 0.737. The summed E-state index contributed by atoms with van der Waals surface area (Å²) in [6.45, 7) is 3.31. The van der Waals surface area contributed by atoms with Crippen LogP contribution in [0.4, 0.5) is 5.69 Å². The van der Waals surface area contributed by atoms with Crippen molar-refractivity contribution in [2.45, 2.75) is 13.3 Å². The Kier molecular flexibility index (Phi) is 7.82. The lowest BCUT2D eigenvalue weighted by Gasteiger charge is -2.22. The summed E-state index contributed by atoms with van der Waals surface area (Å²) >= 11 is 0. The van der Waals surface area contributed by atoms with Crippen LogP contribution in [0.3, 0.4) is 0 Å². The highest BCUT2D eigenvalue weighted by molar-refractivity contribution is 5.91. The van der Waals surface area contributed by atoms with Crippen LogP contribution in [0.2, 0.25) is 0 Å². The number of nitrogens with one attached hydrogen (secondary N) is 1. The van der Waals surface area contributed by atoms with Crippen LogP contribution >= 0.6 is 0 Å². The standard InChI is InChI=1S/C21H27N3O3/c1-17(25)24(16-15-23(2)3)14-13-21(26)22-18-9-11-20(12-10-18)27-19-7-5-4-6-8-19/h4-12H,13-16H2,1-3H3,(H,22,26). The lowest BCUT2D eigenvalue weighted by atomic mass is 10.2. The third kappa shape index (κ3) is 7.50. The SMILES string of the molecule is CC(=O)N(CCC(=O)Nc1ccc(Oc2ccccc2)cc1)CCN(C)C. The third-order valence-corrected chi connectivity index (χ3v) is 3.99. The zero-order chi connectivity index (χ0) is 19.6. The Bertz CT molecular complexity index is 730. The van der Waals surface area contributed by atoms with Gasteiger partial charge in [0.1, 0.15) is 11.5 Å². The van der Waals surface area contributed by atoms with Gasteiger partial charge in [-0.15, -0.1) is 0 Å². The highest BCUT2D eigenvalue weighted by Gasteiger charge is 2.11. The van der Waals surface area contributed by atoms with Crippen molar-refractivity contribution in [3.63, 3.8) is 0 Å². The molecule has 0 radical (unpaired) electrons. The minimum atomic E-state index is -0.122. The van der Waals surface area contributed by atoms with E-state index in [1.807, 2.05) is 61.5 Å². The fraction of sp³-hybridized carbons (Fsp3) is 0.333. The van der Waals surface area contributed by atoms with Crippen LogP contribution in [-0.4, -0.2) is 55.3 Å². The van der Waals surface area contributed by atoms with Gasteiger partial charge in [-0.2, -0.15) is 0 Å². The van der Waals surface area contributed by atoms with Crippen LogP contribution in [0.1, 0.15) is 13.3 Å². The summed E-state index contributed by atoms with van der Waals surface area (Å²) in [5, 5.41) is 2.85. The molecule has 2 aromatic carbocycles. The molecule has 2 amide bonds. The van der Waals surface area contributed by atoms with E-state index in [2.05, 4.69) is 5.32 Å². The number of likely N-dealkylation sites (N-methyl/N-ethyl adjacent to an activating group) is 1. The Morgan fingerprint density at radius 1 is 0.889 bits per heavy atom. The molecule has 0 saturated heterocycles. The summed E-state index contributed by atoms with van der Waals surface area (Å²) < 4.78 is 5.73. The van der Waals surface area contributed by atoms with Gasteiger partial charge >= 0.3 is 0 Å². The van der Waals surface area contributed by atoms with Crippen molar-refractivity contribution in [3.05, 3.63) is 54.6 Å². The number of ether oxygens (including phenoxy) is 1. The van der Waals surface area contributed by atoms with Gasteiger partial charge in [-0.3, -0.25) is 9.59 Å². The fourth-order valence-electron chi connectivity index (χ4n) is 2.44. The van der Waals surface area contributed by atoms with Crippen molar-refractivity contribution in [1.82, 2.24) is 9.80 Å². The first-order valence-corrected chi connectivity index (χ1v) is 8.97. The molecular weight excluding hydrogens is 342 g/mol. The van der Waals surface area contributed by atoms with Crippen LogP contribution < -0.4 is 10.1 Å². The van der Waals surface area contributed by atoms with E-state index in [-0.39, 0.29) is 18.2 Å². The van der Waals surface area contributed by atoms with Gasteiger partial charge in [0.25, 0.3) is 0 Å². The second-order valence-corrected chi connectivity index (χ2v) is 6.55. The first-order valence-electron chi connectivity index (χ1n) is 8.97. The minimum Gasteiger partial charge on any atom is -0.457 e. The maximum absolute atomic E-state index is 12.2. The van der Waals surface area contributed by atoms with E-state index in [0.717, 1.165) is 12.3 Å². The molecule has 0 atom stereocenters. The maximum atomic E-state index is 12.2.